The normalized spacial score (nSPS) is 7.53. The van der Waals surface area contributed by atoms with Gasteiger partial charge in [0.05, 0.1) is 13.4 Å². The van der Waals surface area contributed by atoms with Crippen molar-refractivity contribution in [3.05, 3.63) is 42.4 Å². The molecule has 3 nitrogen and oxygen atoms in total. The van der Waals surface area contributed by atoms with E-state index in [1.807, 2.05) is 13.0 Å². The molecule has 1 rings (SSSR count). The van der Waals surface area contributed by atoms with Crippen LogP contribution in [0.2, 0.25) is 0 Å². The molecule has 2 N–H and O–H groups in total. The van der Waals surface area contributed by atoms with Gasteiger partial charge in [0.25, 0.3) is 0 Å². The third-order valence-electron chi connectivity index (χ3n) is 1.31. The molecule has 1 aromatic rings. The highest BCUT2D eigenvalue weighted by atomic mass is 19.1. The summed E-state index contributed by atoms with van der Waals surface area (Å²) in [6.45, 7) is 4.75. The van der Waals surface area contributed by atoms with E-state index in [0.29, 0.717) is 5.75 Å². The van der Waals surface area contributed by atoms with Gasteiger partial charge in [0.15, 0.2) is 11.6 Å². The molecule has 0 saturated carbocycles. The summed E-state index contributed by atoms with van der Waals surface area (Å²) < 4.78 is 17.5. The lowest BCUT2D eigenvalue weighted by atomic mass is 10.2. The maximum atomic E-state index is 12.7. The average molecular weight is 216 g/mol. The molecule has 0 radical (unpaired) electrons. The predicted molar refractivity (Wildman–Crippen MR) is 58.7 cm³/mol. The molecular weight excluding hydrogens is 199 g/mol. The first kappa shape index (κ1) is 15.9. The average Bonchev–Trinajstić information content (AvgIpc) is 2.22. The van der Waals surface area contributed by atoms with Crippen LogP contribution < -0.4 is 4.74 Å². The Morgan fingerprint density at radius 3 is 2.20 bits per heavy atom. The standard InChI is InChI=1S/C8H9FO.C2H4O.CH4O/c1-6-3-4-8(10-2)7(9)5-6;1-2-3;1-2/h3-5H,1-2H3;2-3H,1H2;2H,1H3. The second kappa shape index (κ2) is 10.5. The van der Waals surface area contributed by atoms with E-state index in [0.717, 1.165) is 18.9 Å². The van der Waals surface area contributed by atoms with Crippen molar-refractivity contribution in [1.29, 1.82) is 0 Å². The second-order valence-corrected chi connectivity index (χ2v) is 2.32. The monoisotopic (exact) mass is 216 g/mol. The largest absolute Gasteiger partial charge is 0.516 e. The zero-order valence-electron chi connectivity index (χ0n) is 9.20. The maximum absolute atomic E-state index is 12.7. The third kappa shape index (κ3) is 7.52. The van der Waals surface area contributed by atoms with E-state index in [4.69, 9.17) is 14.9 Å². The van der Waals surface area contributed by atoms with Gasteiger partial charge in [-0.25, -0.2) is 4.39 Å². The van der Waals surface area contributed by atoms with Crippen LogP contribution >= 0.6 is 0 Å². The molecule has 86 valence electrons. The Balaban J connectivity index is 0. The van der Waals surface area contributed by atoms with E-state index < -0.39 is 0 Å². The summed E-state index contributed by atoms with van der Waals surface area (Å²) >= 11 is 0. The Morgan fingerprint density at radius 2 is 1.87 bits per heavy atom. The van der Waals surface area contributed by atoms with Gasteiger partial charge in [0, 0.05) is 7.11 Å². The first-order chi connectivity index (χ1) is 7.15. The molecule has 0 saturated heterocycles. The first-order valence-electron chi connectivity index (χ1n) is 4.15. The summed E-state index contributed by atoms with van der Waals surface area (Å²) in [6, 6.07) is 4.87. The Kier molecular flexibility index (Phi) is 11.2. The fourth-order valence-corrected chi connectivity index (χ4v) is 0.771. The van der Waals surface area contributed by atoms with Gasteiger partial charge in [-0.1, -0.05) is 12.6 Å². The van der Waals surface area contributed by atoms with Gasteiger partial charge in [-0.3, -0.25) is 0 Å². The lowest BCUT2D eigenvalue weighted by Crippen LogP contribution is -1.87. The fourth-order valence-electron chi connectivity index (χ4n) is 0.771. The Labute approximate surface area is 89.4 Å². The molecule has 0 atom stereocenters. The molecular formula is C11H17FO3. The lowest BCUT2D eigenvalue weighted by Gasteiger charge is -2.00. The van der Waals surface area contributed by atoms with Crippen LogP contribution in [0.4, 0.5) is 4.39 Å². The van der Waals surface area contributed by atoms with E-state index in [2.05, 4.69) is 6.58 Å². The smallest absolute Gasteiger partial charge is 0.165 e. The van der Waals surface area contributed by atoms with E-state index >= 15 is 0 Å². The molecule has 0 aliphatic carbocycles. The van der Waals surface area contributed by atoms with Crippen molar-refractivity contribution in [2.24, 2.45) is 0 Å². The number of hydrogen-bond donors (Lipinski definition) is 2. The van der Waals surface area contributed by atoms with Crippen LogP contribution in [-0.4, -0.2) is 24.4 Å². The molecule has 0 unspecified atom stereocenters. The highest BCUT2D eigenvalue weighted by molar-refractivity contribution is 5.28. The molecule has 0 aliphatic heterocycles. The minimum atomic E-state index is -0.303. The van der Waals surface area contributed by atoms with Crippen LogP contribution in [-0.2, 0) is 0 Å². The summed E-state index contributed by atoms with van der Waals surface area (Å²) in [6.07, 6.45) is 0.750. The molecule has 4 heteroatoms. The summed E-state index contributed by atoms with van der Waals surface area (Å²) in [7, 11) is 2.45. The van der Waals surface area contributed by atoms with Crippen molar-refractivity contribution in [3.8, 4) is 5.75 Å². The summed E-state index contributed by atoms with van der Waals surface area (Å²) in [5, 5.41) is 14.3. The van der Waals surface area contributed by atoms with Crippen molar-refractivity contribution >= 4 is 0 Å². The Hall–Kier alpha value is -1.55. The van der Waals surface area contributed by atoms with Gasteiger partial charge in [-0.2, -0.15) is 0 Å². The molecule has 0 spiro atoms. The zero-order valence-corrected chi connectivity index (χ0v) is 9.20. The van der Waals surface area contributed by atoms with E-state index in [-0.39, 0.29) is 5.82 Å². The van der Waals surface area contributed by atoms with E-state index in [1.165, 1.54) is 13.2 Å². The fraction of sp³-hybridized carbons (Fsp3) is 0.273. The van der Waals surface area contributed by atoms with Gasteiger partial charge >= 0.3 is 0 Å². The van der Waals surface area contributed by atoms with Crippen molar-refractivity contribution in [3.63, 3.8) is 0 Å². The van der Waals surface area contributed by atoms with Gasteiger partial charge < -0.3 is 14.9 Å². The lowest BCUT2D eigenvalue weighted by molar-refractivity contribution is 0.386. The summed E-state index contributed by atoms with van der Waals surface area (Å²) in [5.41, 5.74) is 0.901. The zero-order chi connectivity index (χ0) is 12.3. The van der Waals surface area contributed by atoms with Crippen molar-refractivity contribution in [2.75, 3.05) is 14.2 Å². The van der Waals surface area contributed by atoms with E-state index in [9.17, 15) is 4.39 Å². The number of aliphatic hydroxyl groups excluding tert-OH is 2. The molecule has 0 aromatic heterocycles. The maximum Gasteiger partial charge on any atom is 0.165 e. The van der Waals surface area contributed by atoms with E-state index in [1.54, 1.807) is 6.07 Å². The van der Waals surface area contributed by atoms with Crippen LogP contribution in [0.15, 0.2) is 31.0 Å². The van der Waals surface area contributed by atoms with Crippen LogP contribution in [0.5, 0.6) is 5.75 Å². The molecule has 0 aliphatic rings. The number of methoxy groups -OCH3 is 1. The van der Waals surface area contributed by atoms with Gasteiger partial charge in [0.2, 0.25) is 0 Å². The minimum Gasteiger partial charge on any atom is -0.516 e. The topological polar surface area (TPSA) is 49.7 Å². The van der Waals surface area contributed by atoms with Crippen LogP contribution in [0.25, 0.3) is 0 Å². The van der Waals surface area contributed by atoms with Crippen molar-refractivity contribution in [2.45, 2.75) is 6.92 Å². The number of halogens is 1. The second-order valence-electron chi connectivity index (χ2n) is 2.32. The first-order valence-corrected chi connectivity index (χ1v) is 4.15. The quantitative estimate of drug-likeness (QED) is 0.709. The van der Waals surface area contributed by atoms with Crippen LogP contribution in [0.1, 0.15) is 5.56 Å². The molecule has 0 fully saturated rings. The van der Waals surface area contributed by atoms with Gasteiger partial charge in [0.1, 0.15) is 0 Å². The van der Waals surface area contributed by atoms with Gasteiger partial charge in [-0.05, 0) is 24.6 Å². The SMILES string of the molecule is C=CO.CO.COc1ccc(C)cc1F. The Morgan fingerprint density at radius 1 is 1.40 bits per heavy atom. The third-order valence-corrected chi connectivity index (χ3v) is 1.31. The molecule has 1 aromatic carbocycles. The number of aliphatic hydroxyl groups is 2. The highest BCUT2D eigenvalue weighted by Gasteiger charge is 1.98. The number of aryl methyl sites for hydroxylation is 1. The van der Waals surface area contributed by atoms with Crippen LogP contribution in [0, 0.1) is 12.7 Å². The van der Waals surface area contributed by atoms with Crippen molar-refractivity contribution < 1.29 is 19.3 Å². The number of hydrogen-bond acceptors (Lipinski definition) is 3. The minimum absolute atomic E-state index is 0.297. The highest BCUT2D eigenvalue weighted by Crippen LogP contribution is 2.16. The van der Waals surface area contributed by atoms with Crippen LogP contribution in [0.3, 0.4) is 0 Å². The van der Waals surface area contributed by atoms with Crippen molar-refractivity contribution in [1.82, 2.24) is 0 Å². The molecule has 0 amide bonds. The Bertz CT molecular complexity index is 275. The number of ether oxygens (including phenoxy) is 1. The van der Waals surface area contributed by atoms with Gasteiger partial charge in [-0.15, -0.1) is 0 Å². The molecule has 0 bridgehead atoms. The molecule has 0 heterocycles. The number of benzene rings is 1. The summed E-state index contributed by atoms with van der Waals surface area (Å²) in [5.74, 6) is -0.00639. The molecule has 15 heavy (non-hydrogen) atoms. The predicted octanol–water partition coefficient (Wildman–Crippen LogP) is 2.44. The number of rotatable bonds is 1. The summed E-state index contributed by atoms with van der Waals surface area (Å²) in [4.78, 5) is 0.